The van der Waals surface area contributed by atoms with Gasteiger partial charge in [0.1, 0.15) is 0 Å². The van der Waals surface area contributed by atoms with Gasteiger partial charge in [0.05, 0.1) is 10.6 Å². The summed E-state index contributed by atoms with van der Waals surface area (Å²) in [7, 11) is -3.17. The van der Waals surface area contributed by atoms with E-state index in [-0.39, 0.29) is 6.04 Å². The largest absolute Gasteiger partial charge is 0.381 e. The Morgan fingerprint density at radius 3 is 2.19 bits per heavy atom. The molecule has 0 radical (unpaired) electrons. The Bertz CT molecular complexity index is 452. The van der Waals surface area contributed by atoms with Crippen LogP contribution < -0.4 is 5.32 Å². The van der Waals surface area contributed by atoms with Crippen LogP contribution in [0.5, 0.6) is 0 Å². The summed E-state index contributed by atoms with van der Waals surface area (Å²) in [4.78, 5) is 0.363. The molecule has 3 nitrogen and oxygen atoms in total. The molecule has 0 heterocycles. The lowest BCUT2D eigenvalue weighted by Gasteiger charge is -2.20. The third kappa shape index (κ3) is 3.23. The Morgan fingerprint density at radius 2 is 1.69 bits per heavy atom. The molecule has 1 aromatic carbocycles. The van der Waals surface area contributed by atoms with Crippen LogP contribution >= 0.6 is 0 Å². The minimum absolute atomic E-state index is 0.239. The minimum atomic E-state index is -3.17. The van der Waals surface area contributed by atoms with Crippen LogP contribution in [0, 0.1) is 5.92 Å². The molecule has 0 unspecified atom stereocenters. The number of para-hydroxylation sites is 1. The van der Waals surface area contributed by atoms with Crippen LogP contribution in [-0.2, 0) is 9.84 Å². The Balaban J connectivity index is 3.06. The SMILES string of the molecule is CC(C)[C@H](C)Nc1ccccc1S(C)(=O)=O. The molecule has 0 bridgehead atoms. The van der Waals surface area contributed by atoms with Gasteiger partial charge in [-0.1, -0.05) is 26.0 Å². The Morgan fingerprint density at radius 1 is 1.12 bits per heavy atom. The first-order valence-electron chi connectivity index (χ1n) is 5.38. The number of nitrogens with one attached hydrogen (secondary N) is 1. The molecule has 1 aromatic rings. The van der Waals surface area contributed by atoms with Crippen molar-refractivity contribution in [1.82, 2.24) is 0 Å². The maximum atomic E-state index is 11.6. The summed E-state index contributed by atoms with van der Waals surface area (Å²) in [5, 5.41) is 3.24. The van der Waals surface area contributed by atoms with Gasteiger partial charge < -0.3 is 5.32 Å². The average molecular weight is 241 g/mol. The lowest BCUT2D eigenvalue weighted by atomic mass is 10.1. The van der Waals surface area contributed by atoms with Gasteiger partial charge >= 0.3 is 0 Å². The molecule has 1 rings (SSSR count). The van der Waals surface area contributed by atoms with Crippen LogP contribution in [-0.4, -0.2) is 20.7 Å². The first-order chi connectivity index (χ1) is 7.32. The maximum Gasteiger partial charge on any atom is 0.177 e. The van der Waals surface area contributed by atoms with E-state index in [0.717, 1.165) is 0 Å². The van der Waals surface area contributed by atoms with Gasteiger partial charge in [0.25, 0.3) is 0 Å². The smallest absolute Gasteiger partial charge is 0.177 e. The topological polar surface area (TPSA) is 46.2 Å². The lowest BCUT2D eigenvalue weighted by molar-refractivity contribution is 0.558. The monoisotopic (exact) mass is 241 g/mol. The zero-order valence-corrected chi connectivity index (χ0v) is 11.0. The van der Waals surface area contributed by atoms with Gasteiger partial charge in [-0.2, -0.15) is 0 Å². The zero-order chi connectivity index (χ0) is 12.3. The van der Waals surface area contributed by atoms with Crippen molar-refractivity contribution in [3.63, 3.8) is 0 Å². The molecule has 4 heteroatoms. The predicted octanol–water partition coefficient (Wildman–Crippen LogP) is 2.55. The number of hydrogen-bond donors (Lipinski definition) is 1. The van der Waals surface area contributed by atoms with Gasteiger partial charge in [-0.15, -0.1) is 0 Å². The highest BCUT2D eigenvalue weighted by atomic mass is 32.2. The third-order valence-electron chi connectivity index (χ3n) is 2.67. The first kappa shape index (κ1) is 13.0. The van der Waals surface area contributed by atoms with E-state index < -0.39 is 9.84 Å². The summed E-state index contributed by atoms with van der Waals surface area (Å²) in [6.45, 7) is 6.24. The molecular weight excluding hydrogens is 222 g/mol. The van der Waals surface area contributed by atoms with Gasteiger partial charge in [0.2, 0.25) is 0 Å². The number of rotatable bonds is 4. The highest BCUT2D eigenvalue weighted by molar-refractivity contribution is 7.90. The van der Waals surface area contributed by atoms with E-state index in [4.69, 9.17) is 0 Å². The molecule has 0 spiro atoms. The van der Waals surface area contributed by atoms with Crippen LogP contribution in [0.2, 0.25) is 0 Å². The fourth-order valence-electron chi connectivity index (χ4n) is 1.32. The van der Waals surface area contributed by atoms with Crippen LogP contribution in [0.1, 0.15) is 20.8 Å². The van der Waals surface area contributed by atoms with Gasteiger partial charge in [-0.25, -0.2) is 8.42 Å². The highest BCUT2D eigenvalue weighted by Crippen LogP contribution is 2.22. The predicted molar refractivity (Wildman–Crippen MR) is 67.5 cm³/mol. The quantitative estimate of drug-likeness (QED) is 0.881. The van der Waals surface area contributed by atoms with Gasteiger partial charge in [0, 0.05) is 12.3 Å². The molecule has 0 amide bonds. The van der Waals surface area contributed by atoms with Gasteiger partial charge in [0.15, 0.2) is 9.84 Å². The molecule has 0 aliphatic heterocycles. The third-order valence-corrected chi connectivity index (χ3v) is 3.82. The van der Waals surface area contributed by atoms with Gasteiger partial charge in [-0.3, -0.25) is 0 Å². The van der Waals surface area contributed by atoms with E-state index in [1.807, 2.05) is 13.0 Å². The van der Waals surface area contributed by atoms with E-state index in [1.165, 1.54) is 6.26 Å². The van der Waals surface area contributed by atoms with Crippen LogP contribution in [0.3, 0.4) is 0 Å². The molecule has 90 valence electrons. The zero-order valence-electron chi connectivity index (χ0n) is 10.2. The van der Waals surface area contributed by atoms with Crippen LogP contribution in [0.4, 0.5) is 5.69 Å². The number of anilines is 1. The second-order valence-electron chi connectivity index (χ2n) is 4.45. The van der Waals surface area contributed by atoms with E-state index >= 15 is 0 Å². The normalized spacial score (nSPS) is 13.8. The average Bonchev–Trinajstić information content (AvgIpc) is 2.16. The van der Waals surface area contributed by atoms with Crippen molar-refractivity contribution in [2.24, 2.45) is 5.92 Å². The summed E-state index contributed by atoms with van der Waals surface area (Å²) in [6.07, 6.45) is 1.23. The van der Waals surface area contributed by atoms with Crippen molar-refractivity contribution in [1.29, 1.82) is 0 Å². The molecule has 16 heavy (non-hydrogen) atoms. The van der Waals surface area contributed by atoms with Crippen molar-refractivity contribution in [3.05, 3.63) is 24.3 Å². The van der Waals surface area contributed by atoms with E-state index in [0.29, 0.717) is 16.5 Å². The van der Waals surface area contributed by atoms with Crippen LogP contribution in [0.15, 0.2) is 29.2 Å². The van der Waals surface area contributed by atoms with E-state index in [2.05, 4.69) is 19.2 Å². The fourth-order valence-corrected chi connectivity index (χ4v) is 2.17. The van der Waals surface area contributed by atoms with Crippen LogP contribution in [0.25, 0.3) is 0 Å². The molecule has 0 aromatic heterocycles. The fraction of sp³-hybridized carbons (Fsp3) is 0.500. The molecule has 1 N–H and O–H groups in total. The summed E-state index contributed by atoms with van der Waals surface area (Å²) in [6, 6.07) is 7.24. The highest BCUT2D eigenvalue weighted by Gasteiger charge is 2.15. The summed E-state index contributed by atoms with van der Waals surface area (Å²) >= 11 is 0. The Labute approximate surface area is 97.8 Å². The summed E-state index contributed by atoms with van der Waals surface area (Å²) < 4.78 is 23.1. The molecule has 1 atom stereocenters. The molecule has 0 saturated carbocycles. The summed E-state index contributed by atoms with van der Waals surface area (Å²) in [5.74, 6) is 0.451. The second kappa shape index (κ2) is 4.87. The molecule has 0 aliphatic carbocycles. The minimum Gasteiger partial charge on any atom is -0.381 e. The molecular formula is C12H19NO2S. The lowest BCUT2D eigenvalue weighted by Crippen LogP contribution is -2.22. The van der Waals surface area contributed by atoms with Crippen molar-refractivity contribution >= 4 is 15.5 Å². The Kier molecular flexibility index (Phi) is 3.97. The van der Waals surface area contributed by atoms with E-state index in [1.54, 1.807) is 18.2 Å². The summed E-state index contributed by atoms with van der Waals surface area (Å²) in [5.41, 5.74) is 0.686. The standard InChI is InChI=1S/C12H19NO2S/c1-9(2)10(3)13-11-7-5-6-8-12(11)16(4,14)15/h5-10,13H,1-4H3/t10-/m0/s1. The van der Waals surface area contributed by atoms with Crippen molar-refractivity contribution in [3.8, 4) is 0 Å². The number of benzene rings is 1. The first-order valence-corrected chi connectivity index (χ1v) is 7.27. The molecule has 0 fully saturated rings. The second-order valence-corrected chi connectivity index (χ2v) is 6.43. The molecule has 0 aliphatic rings. The van der Waals surface area contributed by atoms with Crippen molar-refractivity contribution in [2.75, 3.05) is 11.6 Å². The molecule has 0 saturated heterocycles. The van der Waals surface area contributed by atoms with Gasteiger partial charge in [-0.05, 0) is 25.0 Å². The van der Waals surface area contributed by atoms with Crippen molar-refractivity contribution in [2.45, 2.75) is 31.7 Å². The van der Waals surface area contributed by atoms with E-state index in [9.17, 15) is 8.42 Å². The number of sulfone groups is 1. The van der Waals surface area contributed by atoms with Crippen molar-refractivity contribution < 1.29 is 8.42 Å². The maximum absolute atomic E-state index is 11.6. The Hall–Kier alpha value is -1.03. The number of hydrogen-bond acceptors (Lipinski definition) is 3.